The van der Waals surface area contributed by atoms with E-state index >= 15 is 0 Å². The van der Waals surface area contributed by atoms with Crippen LogP contribution >= 0.6 is 0 Å². The zero-order valence-electron chi connectivity index (χ0n) is 19.5. The Morgan fingerprint density at radius 3 is 2.35 bits per heavy atom. The van der Waals surface area contributed by atoms with Gasteiger partial charge in [-0.25, -0.2) is 0 Å². The molecular weight excluding hydrogens is 422 g/mol. The summed E-state index contributed by atoms with van der Waals surface area (Å²) in [4.78, 5) is 30.4. The van der Waals surface area contributed by atoms with Gasteiger partial charge in [0.1, 0.15) is 0 Å². The summed E-state index contributed by atoms with van der Waals surface area (Å²) in [6.07, 6.45) is 4.16. The van der Waals surface area contributed by atoms with E-state index in [9.17, 15) is 9.59 Å². The Kier molecular flexibility index (Phi) is 6.61. The van der Waals surface area contributed by atoms with Crippen molar-refractivity contribution in [2.45, 2.75) is 38.6 Å². The maximum Gasteiger partial charge on any atom is 0.256 e. The van der Waals surface area contributed by atoms with Crippen LogP contribution in [0.3, 0.4) is 0 Å². The Hall–Kier alpha value is -3.60. The van der Waals surface area contributed by atoms with E-state index in [1.54, 1.807) is 0 Å². The second-order valence-corrected chi connectivity index (χ2v) is 9.21. The lowest BCUT2D eigenvalue weighted by molar-refractivity contribution is -0.116. The van der Waals surface area contributed by atoms with Gasteiger partial charge in [0.25, 0.3) is 5.91 Å². The number of fused-ring (bicyclic) bond motifs is 1. The van der Waals surface area contributed by atoms with Gasteiger partial charge in [0.2, 0.25) is 5.91 Å². The van der Waals surface area contributed by atoms with Gasteiger partial charge >= 0.3 is 0 Å². The Balaban J connectivity index is 1.36. The van der Waals surface area contributed by atoms with Gasteiger partial charge in [0.05, 0.1) is 5.56 Å². The van der Waals surface area contributed by atoms with Crippen molar-refractivity contribution in [1.82, 2.24) is 4.90 Å². The topological polar surface area (TPSA) is 52.7 Å². The second kappa shape index (κ2) is 10.1. The number of aryl methyl sites for hydroxylation is 1. The van der Waals surface area contributed by atoms with Crippen molar-refractivity contribution in [3.63, 3.8) is 0 Å². The van der Waals surface area contributed by atoms with E-state index in [1.807, 2.05) is 53.4 Å². The lowest BCUT2D eigenvalue weighted by atomic mass is 9.98. The van der Waals surface area contributed by atoms with E-state index in [0.717, 1.165) is 56.7 Å². The number of carbonyl (C=O) groups excluding carboxylic acids is 2. The minimum Gasteiger partial charge on any atom is -0.366 e. The number of hydrogen-bond acceptors (Lipinski definition) is 3. The Morgan fingerprint density at radius 1 is 0.824 bits per heavy atom. The molecule has 3 aromatic rings. The number of nitrogens with one attached hydrogen (secondary N) is 1. The molecule has 5 rings (SSSR count). The van der Waals surface area contributed by atoms with Crippen LogP contribution < -0.4 is 10.2 Å². The number of benzene rings is 3. The maximum absolute atomic E-state index is 13.5. The highest BCUT2D eigenvalue weighted by atomic mass is 16.2. The molecule has 0 bridgehead atoms. The first-order valence-corrected chi connectivity index (χ1v) is 12.3. The fraction of sp³-hybridized carbons (Fsp3) is 0.310. The maximum atomic E-state index is 13.5. The quantitative estimate of drug-likeness (QED) is 0.568. The largest absolute Gasteiger partial charge is 0.366 e. The summed E-state index contributed by atoms with van der Waals surface area (Å²) < 4.78 is 0. The van der Waals surface area contributed by atoms with E-state index < -0.39 is 0 Å². The number of anilines is 2. The molecule has 174 valence electrons. The monoisotopic (exact) mass is 453 g/mol. The smallest absolute Gasteiger partial charge is 0.256 e. The van der Waals surface area contributed by atoms with Gasteiger partial charge < -0.3 is 15.1 Å². The van der Waals surface area contributed by atoms with Crippen molar-refractivity contribution in [3.8, 4) is 0 Å². The van der Waals surface area contributed by atoms with Crippen LogP contribution in [-0.2, 0) is 24.2 Å². The normalized spacial score (nSPS) is 15.2. The van der Waals surface area contributed by atoms with E-state index in [4.69, 9.17) is 0 Å². The molecule has 1 fully saturated rings. The standard InChI is InChI=1S/C29H31N3O2/c33-28(15-12-22-8-2-1-3-9-22)30-25-13-14-27(26(20-25)29(34)31-17-6-7-18-31)32-19-16-23-10-4-5-11-24(23)21-32/h1-5,8-11,13-14,20H,6-7,12,15-19,21H2,(H,30,33). The van der Waals surface area contributed by atoms with Crippen LogP contribution in [0.15, 0.2) is 72.8 Å². The zero-order chi connectivity index (χ0) is 23.3. The summed E-state index contributed by atoms with van der Waals surface area (Å²) in [7, 11) is 0. The van der Waals surface area contributed by atoms with Crippen LogP contribution in [0, 0.1) is 0 Å². The third-order valence-corrected chi connectivity index (χ3v) is 6.86. The van der Waals surface area contributed by atoms with E-state index in [-0.39, 0.29) is 11.8 Å². The highest BCUT2D eigenvalue weighted by Gasteiger charge is 2.26. The third-order valence-electron chi connectivity index (χ3n) is 6.86. The molecule has 5 nitrogen and oxygen atoms in total. The Bertz CT molecular complexity index is 1170. The molecule has 0 aromatic heterocycles. The van der Waals surface area contributed by atoms with Gasteiger partial charge in [0, 0.05) is 44.0 Å². The fourth-order valence-corrected chi connectivity index (χ4v) is 4.98. The lowest BCUT2D eigenvalue weighted by Crippen LogP contribution is -2.34. The van der Waals surface area contributed by atoms with Crippen LogP contribution in [0.25, 0.3) is 0 Å². The molecule has 0 aliphatic carbocycles. The molecule has 2 aliphatic rings. The van der Waals surface area contributed by atoms with Gasteiger partial charge in [-0.3, -0.25) is 9.59 Å². The van der Waals surface area contributed by atoms with Crippen LogP contribution in [-0.4, -0.2) is 36.3 Å². The number of likely N-dealkylation sites (tertiary alicyclic amines) is 1. The van der Waals surface area contributed by atoms with Gasteiger partial charge in [-0.1, -0.05) is 54.6 Å². The predicted octanol–water partition coefficient (Wildman–Crippen LogP) is 5.06. The summed E-state index contributed by atoms with van der Waals surface area (Å²) >= 11 is 0. The van der Waals surface area contributed by atoms with Crippen molar-refractivity contribution in [2.24, 2.45) is 0 Å². The van der Waals surface area contributed by atoms with Crippen molar-refractivity contribution < 1.29 is 9.59 Å². The summed E-state index contributed by atoms with van der Waals surface area (Å²) in [5.74, 6) is 0.0230. The third kappa shape index (κ3) is 4.98. The lowest BCUT2D eigenvalue weighted by Gasteiger charge is -2.33. The molecule has 0 radical (unpaired) electrons. The second-order valence-electron chi connectivity index (χ2n) is 9.21. The molecule has 1 N–H and O–H groups in total. The molecule has 5 heteroatoms. The zero-order valence-corrected chi connectivity index (χ0v) is 19.5. The molecule has 2 amide bonds. The van der Waals surface area contributed by atoms with Crippen molar-refractivity contribution >= 4 is 23.2 Å². The molecule has 0 spiro atoms. The first kappa shape index (κ1) is 22.2. The first-order chi connectivity index (χ1) is 16.7. The van der Waals surface area contributed by atoms with Gasteiger partial charge in [-0.2, -0.15) is 0 Å². The highest BCUT2D eigenvalue weighted by molar-refractivity contribution is 6.02. The van der Waals surface area contributed by atoms with Crippen LogP contribution in [0.5, 0.6) is 0 Å². The van der Waals surface area contributed by atoms with Crippen LogP contribution in [0.2, 0.25) is 0 Å². The average molecular weight is 454 g/mol. The molecule has 2 heterocycles. The molecule has 3 aromatic carbocycles. The number of hydrogen-bond donors (Lipinski definition) is 1. The summed E-state index contributed by atoms with van der Waals surface area (Å²) in [5, 5.41) is 3.02. The molecule has 0 saturated carbocycles. The van der Waals surface area contributed by atoms with Crippen LogP contribution in [0.1, 0.15) is 46.3 Å². The van der Waals surface area contributed by atoms with Crippen molar-refractivity contribution in [3.05, 3.63) is 95.1 Å². The first-order valence-electron chi connectivity index (χ1n) is 12.3. The molecular formula is C29H31N3O2. The van der Waals surface area contributed by atoms with E-state index in [2.05, 4.69) is 34.5 Å². The Labute approximate surface area is 201 Å². The number of rotatable bonds is 6. The van der Waals surface area contributed by atoms with Gasteiger partial charge in [-0.15, -0.1) is 0 Å². The molecule has 1 saturated heterocycles. The van der Waals surface area contributed by atoms with Crippen molar-refractivity contribution in [1.29, 1.82) is 0 Å². The molecule has 34 heavy (non-hydrogen) atoms. The number of amides is 2. The number of carbonyl (C=O) groups is 2. The van der Waals surface area contributed by atoms with Crippen LogP contribution in [0.4, 0.5) is 11.4 Å². The highest BCUT2D eigenvalue weighted by Crippen LogP contribution is 2.31. The molecule has 2 aliphatic heterocycles. The molecule has 0 unspecified atom stereocenters. The summed E-state index contributed by atoms with van der Waals surface area (Å²) in [5.41, 5.74) is 6.15. The van der Waals surface area contributed by atoms with Crippen molar-refractivity contribution in [2.75, 3.05) is 29.9 Å². The summed E-state index contributed by atoms with van der Waals surface area (Å²) in [6.45, 7) is 3.27. The van der Waals surface area contributed by atoms with Gasteiger partial charge in [0.15, 0.2) is 0 Å². The SMILES string of the molecule is O=C(CCc1ccccc1)Nc1ccc(N2CCc3ccccc3C2)c(C(=O)N2CCCC2)c1. The summed E-state index contributed by atoms with van der Waals surface area (Å²) in [6, 6.07) is 24.4. The van der Waals surface area contributed by atoms with Gasteiger partial charge in [-0.05, 0) is 60.6 Å². The van der Waals surface area contributed by atoms with E-state index in [0.29, 0.717) is 24.1 Å². The Morgan fingerprint density at radius 2 is 1.56 bits per heavy atom. The predicted molar refractivity (Wildman–Crippen MR) is 136 cm³/mol. The minimum atomic E-state index is -0.0388. The molecule has 0 atom stereocenters. The van der Waals surface area contributed by atoms with E-state index in [1.165, 1.54) is 11.1 Å². The number of nitrogens with zero attached hydrogens (tertiary/aromatic N) is 2. The fourth-order valence-electron chi connectivity index (χ4n) is 4.98. The average Bonchev–Trinajstić information content (AvgIpc) is 3.42. The minimum absolute atomic E-state index is 0.0388.